The molecule has 0 bridgehead atoms. The van der Waals surface area contributed by atoms with Crippen molar-refractivity contribution in [3.8, 4) is 0 Å². The second-order valence-electron chi connectivity index (χ2n) is 7.82. The minimum atomic E-state index is -5.07. The Morgan fingerprint density at radius 1 is 1.03 bits per heavy atom. The van der Waals surface area contributed by atoms with Crippen LogP contribution in [0.3, 0.4) is 0 Å². The summed E-state index contributed by atoms with van der Waals surface area (Å²) in [6.45, 7) is 6.35. The minimum Gasteiger partial charge on any atom is -0.463 e. The van der Waals surface area contributed by atoms with E-state index in [0.29, 0.717) is 23.2 Å². The molecule has 0 radical (unpaired) electrons. The maximum absolute atomic E-state index is 13.6. The summed E-state index contributed by atoms with van der Waals surface area (Å²) in [5.41, 5.74) is -1.83. The van der Waals surface area contributed by atoms with Crippen LogP contribution in [0.1, 0.15) is 50.5 Å². The van der Waals surface area contributed by atoms with E-state index in [2.05, 4.69) is 5.43 Å². The number of nitrogens with zero attached hydrogens (tertiary/aromatic N) is 1. The van der Waals surface area contributed by atoms with Gasteiger partial charge in [0, 0.05) is 5.56 Å². The third-order valence-corrected chi connectivity index (χ3v) is 3.84. The molecule has 9 nitrogen and oxygen atoms in total. The molecule has 0 saturated heterocycles. The second kappa shape index (κ2) is 12.2. The van der Waals surface area contributed by atoms with E-state index in [4.69, 9.17) is 14.2 Å². The van der Waals surface area contributed by atoms with Crippen LogP contribution < -0.4 is 5.43 Å². The van der Waals surface area contributed by atoms with Gasteiger partial charge in [-0.25, -0.2) is 24.2 Å². The Kier molecular flexibility index (Phi) is 10.2. The molecule has 0 fully saturated rings. The molecule has 0 aliphatic rings. The van der Waals surface area contributed by atoms with Gasteiger partial charge in [-0.15, -0.1) is 0 Å². The quantitative estimate of drug-likeness (QED) is 0.135. The van der Waals surface area contributed by atoms with E-state index in [9.17, 15) is 36.7 Å². The van der Waals surface area contributed by atoms with Crippen molar-refractivity contribution in [3.05, 3.63) is 46.9 Å². The summed E-state index contributed by atoms with van der Waals surface area (Å²) in [7, 11) is 0. The highest BCUT2D eigenvalue weighted by molar-refractivity contribution is 6.00. The molecule has 0 aliphatic carbocycles. The highest BCUT2D eigenvalue weighted by Gasteiger charge is 2.35. The summed E-state index contributed by atoms with van der Waals surface area (Å²) in [6.07, 6.45) is -5.59. The van der Waals surface area contributed by atoms with Gasteiger partial charge in [-0.2, -0.15) is 13.2 Å². The Morgan fingerprint density at radius 2 is 1.63 bits per heavy atom. The van der Waals surface area contributed by atoms with Crippen LogP contribution in [-0.4, -0.2) is 54.2 Å². The van der Waals surface area contributed by atoms with Crippen LogP contribution in [0.5, 0.6) is 0 Å². The predicted molar refractivity (Wildman–Crippen MR) is 113 cm³/mol. The molecule has 35 heavy (non-hydrogen) atoms. The van der Waals surface area contributed by atoms with E-state index in [1.165, 1.54) is 34.6 Å². The summed E-state index contributed by atoms with van der Waals surface area (Å²) in [5.74, 6) is -4.84. The number of hydrazine groups is 1. The molecule has 1 aromatic rings. The fourth-order valence-electron chi connectivity index (χ4n) is 2.49. The molecule has 0 saturated carbocycles. The van der Waals surface area contributed by atoms with Crippen LogP contribution in [0.4, 0.5) is 22.4 Å². The first-order valence-electron chi connectivity index (χ1n) is 10.3. The third-order valence-electron chi connectivity index (χ3n) is 3.84. The molecular weight excluding hydrogens is 480 g/mol. The van der Waals surface area contributed by atoms with E-state index in [-0.39, 0.29) is 13.2 Å². The standard InChI is InChI=1S/C22H26F4N2O7/c1-6-33-18(30)11-16(19(31)34-7-2)28(27-20(32)35-21(3,4)5)12-17(29)13-8-9-15(23)14(10-13)22(24,25)26/h8-11H,6-7,12H2,1-5H3,(H,27,32)/b16-11+. The summed E-state index contributed by atoms with van der Waals surface area (Å²) in [6, 6.07) is 1.56. The average Bonchev–Trinajstić information content (AvgIpc) is 2.69. The van der Waals surface area contributed by atoms with Crippen LogP contribution in [-0.2, 0) is 30.0 Å². The minimum absolute atomic E-state index is 0.0698. The number of rotatable bonds is 9. The van der Waals surface area contributed by atoms with Gasteiger partial charge in [-0.3, -0.25) is 9.80 Å². The molecule has 194 valence electrons. The highest BCUT2D eigenvalue weighted by atomic mass is 19.4. The lowest BCUT2D eigenvalue weighted by molar-refractivity contribution is -0.142. The molecule has 0 unspecified atom stereocenters. The fraction of sp³-hybridized carbons (Fsp3) is 0.455. The zero-order valence-electron chi connectivity index (χ0n) is 19.7. The normalized spacial score (nSPS) is 12.0. The maximum atomic E-state index is 13.6. The van der Waals surface area contributed by atoms with Gasteiger partial charge < -0.3 is 14.2 Å². The molecule has 0 atom stereocenters. The Hall–Kier alpha value is -3.64. The number of esters is 2. The van der Waals surface area contributed by atoms with Crippen molar-refractivity contribution in [1.29, 1.82) is 0 Å². The van der Waals surface area contributed by atoms with Gasteiger partial charge in [-0.05, 0) is 52.8 Å². The van der Waals surface area contributed by atoms with Crippen molar-refractivity contribution < 1.29 is 51.0 Å². The molecule has 0 heterocycles. The molecule has 1 aromatic carbocycles. The summed E-state index contributed by atoms with van der Waals surface area (Å²) in [5, 5.41) is 0.571. The number of amides is 1. The monoisotopic (exact) mass is 506 g/mol. The predicted octanol–water partition coefficient (Wildman–Crippen LogP) is 3.78. The number of ether oxygens (including phenoxy) is 3. The van der Waals surface area contributed by atoms with Gasteiger partial charge in [0.25, 0.3) is 0 Å². The first kappa shape index (κ1) is 29.4. The first-order valence-corrected chi connectivity index (χ1v) is 10.3. The summed E-state index contributed by atoms with van der Waals surface area (Å²) < 4.78 is 67.5. The SMILES string of the molecule is CCOC(=O)/C=C(\C(=O)OCC)N(CC(=O)c1ccc(F)c(C(F)(F)F)c1)NC(=O)OC(C)(C)C. The summed E-state index contributed by atoms with van der Waals surface area (Å²) >= 11 is 0. The van der Waals surface area contributed by atoms with Crippen LogP contribution in [0.15, 0.2) is 30.0 Å². The second-order valence-corrected chi connectivity index (χ2v) is 7.82. The molecule has 13 heteroatoms. The zero-order chi connectivity index (χ0) is 27.0. The van der Waals surface area contributed by atoms with Crippen molar-refractivity contribution >= 4 is 23.8 Å². The van der Waals surface area contributed by atoms with Gasteiger partial charge in [0.15, 0.2) is 11.5 Å². The van der Waals surface area contributed by atoms with Crippen LogP contribution in [0.2, 0.25) is 0 Å². The van der Waals surface area contributed by atoms with Crippen LogP contribution in [0.25, 0.3) is 0 Å². The number of hydrogen-bond acceptors (Lipinski definition) is 8. The van der Waals surface area contributed by atoms with Gasteiger partial charge in [0.1, 0.15) is 18.0 Å². The van der Waals surface area contributed by atoms with Crippen molar-refractivity contribution in [2.24, 2.45) is 0 Å². The highest BCUT2D eigenvalue weighted by Crippen LogP contribution is 2.32. The Morgan fingerprint density at radius 3 is 2.14 bits per heavy atom. The molecule has 1 N–H and O–H groups in total. The number of benzene rings is 1. The number of Topliss-reactive ketones (excluding diaryl/α,β-unsaturated/α-hetero) is 1. The topological polar surface area (TPSA) is 111 Å². The van der Waals surface area contributed by atoms with E-state index in [0.717, 1.165) is 6.07 Å². The van der Waals surface area contributed by atoms with Crippen LogP contribution >= 0.6 is 0 Å². The fourth-order valence-corrected chi connectivity index (χ4v) is 2.49. The number of ketones is 1. The molecule has 0 spiro atoms. The number of halogens is 4. The Bertz CT molecular complexity index is 985. The van der Waals surface area contributed by atoms with Crippen molar-refractivity contribution in [2.45, 2.75) is 46.4 Å². The van der Waals surface area contributed by atoms with Crippen molar-refractivity contribution in [2.75, 3.05) is 19.8 Å². The summed E-state index contributed by atoms with van der Waals surface area (Å²) in [4.78, 5) is 49.6. The number of carbonyl (C=O) groups is 4. The zero-order valence-corrected chi connectivity index (χ0v) is 19.7. The third kappa shape index (κ3) is 9.63. The van der Waals surface area contributed by atoms with E-state index in [1.807, 2.05) is 0 Å². The average molecular weight is 506 g/mol. The Labute approximate surface area is 199 Å². The Balaban J connectivity index is 3.45. The first-order chi connectivity index (χ1) is 16.1. The molecule has 0 aromatic heterocycles. The van der Waals surface area contributed by atoms with E-state index >= 15 is 0 Å². The van der Waals surface area contributed by atoms with Crippen LogP contribution in [0, 0.1) is 5.82 Å². The van der Waals surface area contributed by atoms with Crippen molar-refractivity contribution in [3.63, 3.8) is 0 Å². The van der Waals surface area contributed by atoms with Gasteiger partial charge in [-0.1, -0.05) is 0 Å². The number of hydrogen-bond donors (Lipinski definition) is 1. The van der Waals surface area contributed by atoms with Gasteiger partial charge in [0.05, 0.1) is 24.9 Å². The van der Waals surface area contributed by atoms with Crippen molar-refractivity contribution in [1.82, 2.24) is 10.4 Å². The van der Waals surface area contributed by atoms with Gasteiger partial charge >= 0.3 is 24.2 Å². The molecule has 0 aliphatic heterocycles. The number of carbonyl (C=O) groups excluding carboxylic acids is 4. The van der Waals surface area contributed by atoms with E-state index < -0.39 is 64.8 Å². The van der Waals surface area contributed by atoms with Gasteiger partial charge in [0.2, 0.25) is 0 Å². The lowest BCUT2D eigenvalue weighted by atomic mass is 10.1. The largest absolute Gasteiger partial charge is 0.463 e. The lowest BCUT2D eigenvalue weighted by Crippen LogP contribution is -2.48. The van der Waals surface area contributed by atoms with E-state index in [1.54, 1.807) is 0 Å². The lowest BCUT2D eigenvalue weighted by Gasteiger charge is -2.28. The number of nitrogens with one attached hydrogen (secondary N) is 1. The number of alkyl halides is 3. The smallest absolute Gasteiger partial charge is 0.426 e. The molecule has 1 amide bonds. The molecular formula is C22H26F4N2O7. The maximum Gasteiger partial charge on any atom is 0.426 e. The molecule has 1 rings (SSSR count).